The van der Waals surface area contributed by atoms with Gasteiger partial charge in [0.25, 0.3) is 0 Å². The van der Waals surface area contributed by atoms with E-state index in [4.69, 9.17) is 0 Å². The Hall–Kier alpha value is -2.50. The number of para-hydroxylation sites is 1. The number of hydrogen-bond acceptors (Lipinski definition) is 2. The van der Waals surface area contributed by atoms with Crippen molar-refractivity contribution in [3.63, 3.8) is 0 Å². The van der Waals surface area contributed by atoms with Gasteiger partial charge in [-0.15, -0.1) is 0 Å². The van der Waals surface area contributed by atoms with E-state index in [0.717, 1.165) is 23.4 Å². The number of carbonyl (C=O) groups excluding carboxylic acids is 1. The number of alkyl halides is 3. The second kappa shape index (κ2) is 7.81. The summed E-state index contributed by atoms with van der Waals surface area (Å²) in [5.74, 6) is -0.343. The molecule has 0 aliphatic carbocycles. The molecule has 0 heterocycles. The number of halogens is 3. The van der Waals surface area contributed by atoms with Gasteiger partial charge in [-0.25, -0.2) is 0 Å². The van der Waals surface area contributed by atoms with Crippen LogP contribution in [0.15, 0.2) is 48.5 Å². The predicted molar refractivity (Wildman–Crippen MR) is 98.3 cm³/mol. The van der Waals surface area contributed by atoms with E-state index in [1.807, 2.05) is 24.3 Å². The number of amides is 1. The molecule has 2 aromatic carbocycles. The van der Waals surface area contributed by atoms with Crippen LogP contribution in [0.5, 0.6) is 0 Å². The Morgan fingerprint density at radius 3 is 2.35 bits per heavy atom. The summed E-state index contributed by atoms with van der Waals surface area (Å²) >= 11 is 0. The fourth-order valence-electron chi connectivity index (χ4n) is 2.60. The summed E-state index contributed by atoms with van der Waals surface area (Å²) in [5.41, 5.74) is 1.40. The van der Waals surface area contributed by atoms with Crippen molar-refractivity contribution in [1.82, 2.24) is 0 Å². The minimum Gasteiger partial charge on any atom is -0.384 e. The van der Waals surface area contributed by atoms with Gasteiger partial charge in [-0.3, -0.25) is 4.79 Å². The molecule has 2 N–H and O–H groups in total. The maximum Gasteiger partial charge on any atom is 0.416 e. The van der Waals surface area contributed by atoms with Crippen molar-refractivity contribution < 1.29 is 18.0 Å². The maximum atomic E-state index is 12.7. The lowest BCUT2D eigenvalue weighted by atomic mass is 9.86. The highest BCUT2D eigenvalue weighted by molar-refractivity contribution is 5.91. The fourth-order valence-corrected chi connectivity index (χ4v) is 2.60. The Labute approximate surface area is 151 Å². The van der Waals surface area contributed by atoms with E-state index < -0.39 is 11.7 Å². The average Bonchev–Trinajstić information content (AvgIpc) is 2.54. The molecular formula is C20H23F3N2O. The number of hydrogen-bond donors (Lipinski definition) is 2. The molecule has 26 heavy (non-hydrogen) atoms. The van der Waals surface area contributed by atoms with Crippen LogP contribution in [0, 0.1) is 0 Å². The summed E-state index contributed by atoms with van der Waals surface area (Å²) in [4.78, 5) is 12.0. The third-order valence-electron chi connectivity index (χ3n) is 3.88. The Morgan fingerprint density at radius 1 is 1.00 bits per heavy atom. The summed E-state index contributed by atoms with van der Waals surface area (Å²) in [7, 11) is 0. The van der Waals surface area contributed by atoms with E-state index >= 15 is 0 Å². The largest absolute Gasteiger partial charge is 0.416 e. The standard InChI is InChI=1S/C20H23F3N2O/c1-19(2,3)16-9-4-5-10-17(16)24-12-11-18(26)25-15-8-6-7-14(13-15)20(21,22)23/h4-10,13,24H,11-12H2,1-3H3,(H,25,26). The van der Waals surface area contributed by atoms with Crippen LogP contribution in [0.4, 0.5) is 24.5 Å². The number of benzene rings is 2. The Bertz CT molecular complexity index is 764. The summed E-state index contributed by atoms with van der Waals surface area (Å²) < 4.78 is 38.1. The van der Waals surface area contributed by atoms with Crippen LogP contribution in [-0.4, -0.2) is 12.5 Å². The number of carbonyl (C=O) groups is 1. The molecule has 0 unspecified atom stereocenters. The van der Waals surface area contributed by atoms with Crippen molar-refractivity contribution in [2.75, 3.05) is 17.2 Å². The highest BCUT2D eigenvalue weighted by Crippen LogP contribution is 2.31. The molecule has 0 saturated heterocycles. The normalized spacial score (nSPS) is 11.9. The van der Waals surface area contributed by atoms with Gasteiger partial charge in [0.05, 0.1) is 5.56 Å². The van der Waals surface area contributed by atoms with Crippen molar-refractivity contribution in [3.05, 3.63) is 59.7 Å². The van der Waals surface area contributed by atoms with Crippen molar-refractivity contribution in [1.29, 1.82) is 0 Å². The van der Waals surface area contributed by atoms with Gasteiger partial charge in [0.1, 0.15) is 0 Å². The summed E-state index contributed by atoms with van der Waals surface area (Å²) in [6, 6.07) is 12.5. The fraction of sp³-hybridized carbons (Fsp3) is 0.350. The highest BCUT2D eigenvalue weighted by atomic mass is 19.4. The lowest BCUT2D eigenvalue weighted by Gasteiger charge is -2.23. The van der Waals surface area contributed by atoms with Crippen molar-refractivity contribution in [2.24, 2.45) is 0 Å². The van der Waals surface area contributed by atoms with Gasteiger partial charge in [0, 0.05) is 24.3 Å². The lowest BCUT2D eigenvalue weighted by molar-refractivity contribution is -0.137. The van der Waals surface area contributed by atoms with Crippen LogP contribution in [0.1, 0.15) is 38.3 Å². The van der Waals surface area contributed by atoms with Crippen molar-refractivity contribution >= 4 is 17.3 Å². The zero-order valence-electron chi connectivity index (χ0n) is 15.1. The summed E-state index contributed by atoms with van der Waals surface area (Å²) in [5, 5.41) is 5.74. The molecule has 6 heteroatoms. The Kier molecular flexibility index (Phi) is 5.95. The summed E-state index contributed by atoms with van der Waals surface area (Å²) in [6.45, 7) is 6.70. The predicted octanol–water partition coefficient (Wildman–Crippen LogP) is 5.44. The first-order valence-corrected chi connectivity index (χ1v) is 8.38. The van der Waals surface area contributed by atoms with E-state index in [9.17, 15) is 18.0 Å². The molecule has 0 aromatic heterocycles. The van der Waals surface area contributed by atoms with Gasteiger partial charge < -0.3 is 10.6 Å². The van der Waals surface area contributed by atoms with E-state index in [2.05, 4.69) is 31.4 Å². The third kappa shape index (κ3) is 5.51. The average molecular weight is 364 g/mol. The molecule has 0 fully saturated rings. The molecule has 2 rings (SSSR count). The first kappa shape index (κ1) is 19.8. The van der Waals surface area contributed by atoms with E-state index in [-0.39, 0.29) is 23.4 Å². The molecule has 0 atom stereocenters. The monoisotopic (exact) mass is 364 g/mol. The molecule has 3 nitrogen and oxygen atoms in total. The third-order valence-corrected chi connectivity index (χ3v) is 3.88. The first-order valence-electron chi connectivity index (χ1n) is 8.38. The molecular weight excluding hydrogens is 341 g/mol. The van der Waals surface area contributed by atoms with Gasteiger partial charge in [-0.1, -0.05) is 45.0 Å². The van der Waals surface area contributed by atoms with Crippen LogP contribution in [0.25, 0.3) is 0 Å². The molecule has 0 bridgehead atoms. The Morgan fingerprint density at radius 2 is 1.69 bits per heavy atom. The van der Waals surface area contributed by atoms with Crippen LogP contribution in [0.2, 0.25) is 0 Å². The molecule has 0 spiro atoms. The minimum absolute atomic E-state index is 0.0378. The molecule has 0 radical (unpaired) electrons. The van der Waals surface area contributed by atoms with Gasteiger partial charge in [0.15, 0.2) is 0 Å². The van der Waals surface area contributed by atoms with Gasteiger partial charge in [0.2, 0.25) is 5.91 Å². The zero-order valence-corrected chi connectivity index (χ0v) is 15.1. The molecule has 2 aromatic rings. The van der Waals surface area contributed by atoms with E-state index in [1.165, 1.54) is 12.1 Å². The maximum absolute atomic E-state index is 12.7. The number of rotatable bonds is 5. The van der Waals surface area contributed by atoms with Crippen LogP contribution in [0.3, 0.4) is 0 Å². The van der Waals surface area contributed by atoms with Crippen LogP contribution in [-0.2, 0) is 16.4 Å². The zero-order chi connectivity index (χ0) is 19.4. The first-order chi connectivity index (χ1) is 12.1. The molecule has 0 aliphatic heterocycles. The second-order valence-corrected chi connectivity index (χ2v) is 7.10. The molecule has 0 saturated carbocycles. The van der Waals surface area contributed by atoms with Gasteiger partial charge >= 0.3 is 6.18 Å². The quantitative estimate of drug-likeness (QED) is 0.741. The van der Waals surface area contributed by atoms with Crippen molar-refractivity contribution in [3.8, 4) is 0 Å². The SMILES string of the molecule is CC(C)(C)c1ccccc1NCCC(=O)Nc1cccc(C(F)(F)F)c1. The number of nitrogens with one attached hydrogen (secondary N) is 2. The smallest absolute Gasteiger partial charge is 0.384 e. The molecule has 140 valence electrons. The van der Waals surface area contributed by atoms with E-state index in [0.29, 0.717) is 6.54 Å². The highest BCUT2D eigenvalue weighted by Gasteiger charge is 2.30. The minimum atomic E-state index is -4.43. The van der Waals surface area contributed by atoms with E-state index in [1.54, 1.807) is 0 Å². The lowest BCUT2D eigenvalue weighted by Crippen LogP contribution is -2.19. The molecule has 1 amide bonds. The number of anilines is 2. The van der Waals surface area contributed by atoms with Crippen LogP contribution < -0.4 is 10.6 Å². The summed E-state index contributed by atoms with van der Waals surface area (Å²) in [6.07, 6.45) is -4.28. The van der Waals surface area contributed by atoms with Gasteiger partial charge in [-0.2, -0.15) is 13.2 Å². The topological polar surface area (TPSA) is 41.1 Å². The van der Waals surface area contributed by atoms with Crippen LogP contribution >= 0.6 is 0 Å². The second-order valence-electron chi connectivity index (χ2n) is 7.10. The van der Waals surface area contributed by atoms with Gasteiger partial charge in [-0.05, 0) is 35.2 Å². The molecule has 0 aliphatic rings. The van der Waals surface area contributed by atoms with Crippen molar-refractivity contribution in [2.45, 2.75) is 38.8 Å². The Balaban J connectivity index is 1.93.